The Morgan fingerprint density at radius 1 is 1.64 bits per heavy atom. The summed E-state index contributed by atoms with van der Waals surface area (Å²) in [5.74, 6) is 2.12. The molecule has 1 aliphatic carbocycles. The zero-order chi connectivity index (χ0) is 7.68. The summed E-state index contributed by atoms with van der Waals surface area (Å²) in [5, 5.41) is 3.81. The lowest BCUT2D eigenvalue weighted by molar-refractivity contribution is 0.375. The molecule has 11 heavy (non-hydrogen) atoms. The number of hydrogen-bond acceptors (Lipinski definition) is 3. The highest BCUT2D eigenvalue weighted by atomic mass is 16.5. The first kappa shape index (κ1) is 6.58. The number of rotatable bonds is 3. The Bertz CT molecular complexity index is 263. The van der Waals surface area contributed by atoms with Crippen molar-refractivity contribution in [3.8, 4) is 0 Å². The van der Waals surface area contributed by atoms with Crippen molar-refractivity contribution in [2.75, 3.05) is 0 Å². The highest BCUT2D eigenvalue weighted by Crippen LogP contribution is 2.38. The highest BCUT2D eigenvalue weighted by molar-refractivity contribution is 5.02. The fourth-order valence-corrected chi connectivity index (χ4v) is 0.976. The second-order valence-electron chi connectivity index (χ2n) is 2.82. The SMILES string of the molecule is C=CCc1noc(C2CC2)n1. The Morgan fingerprint density at radius 2 is 2.45 bits per heavy atom. The van der Waals surface area contributed by atoms with E-state index in [2.05, 4.69) is 16.7 Å². The molecule has 0 spiro atoms. The maximum atomic E-state index is 5.03. The number of aromatic nitrogens is 2. The largest absolute Gasteiger partial charge is 0.339 e. The van der Waals surface area contributed by atoms with Crippen molar-refractivity contribution in [3.05, 3.63) is 24.4 Å². The first-order valence-electron chi connectivity index (χ1n) is 3.83. The van der Waals surface area contributed by atoms with E-state index < -0.39 is 0 Å². The molecule has 1 aliphatic rings. The molecular formula is C8H10N2O. The van der Waals surface area contributed by atoms with Crippen LogP contribution in [-0.4, -0.2) is 10.1 Å². The first-order valence-corrected chi connectivity index (χ1v) is 3.83. The van der Waals surface area contributed by atoms with Gasteiger partial charge in [0.05, 0.1) is 0 Å². The lowest BCUT2D eigenvalue weighted by Crippen LogP contribution is -1.83. The normalized spacial score (nSPS) is 16.7. The van der Waals surface area contributed by atoms with E-state index in [9.17, 15) is 0 Å². The van der Waals surface area contributed by atoms with Crippen LogP contribution in [-0.2, 0) is 6.42 Å². The molecule has 1 saturated carbocycles. The molecule has 0 N–H and O–H groups in total. The molecule has 1 aromatic rings. The third kappa shape index (κ3) is 1.31. The smallest absolute Gasteiger partial charge is 0.229 e. The molecule has 0 amide bonds. The molecule has 58 valence electrons. The zero-order valence-corrected chi connectivity index (χ0v) is 6.29. The van der Waals surface area contributed by atoms with Crippen molar-refractivity contribution < 1.29 is 4.52 Å². The van der Waals surface area contributed by atoms with Crippen LogP contribution in [0, 0.1) is 0 Å². The minimum Gasteiger partial charge on any atom is -0.339 e. The van der Waals surface area contributed by atoms with E-state index in [0.717, 1.165) is 11.7 Å². The Labute approximate surface area is 65.1 Å². The lowest BCUT2D eigenvalue weighted by Gasteiger charge is -1.80. The van der Waals surface area contributed by atoms with Crippen LogP contribution in [0.25, 0.3) is 0 Å². The van der Waals surface area contributed by atoms with Crippen LogP contribution in [0.3, 0.4) is 0 Å². The molecule has 0 saturated heterocycles. The quantitative estimate of drug-likeness (QED) is 0.615. The van der Waals surface area contributed by atoms with Crippen LogP contribution in [0.15, 0.2) is 17.2 Å². The van der Waals surface area contributed by atoms with Gasteiger partial charge in [0.2, 0.25) is 5.89 Å². The molecule has 0 atom stereocenters. The van der Waals surface area contributed by atoms with Gasteiger partial charge in [-0.15, -0.1) is 6.58 Å². The van der Waals surface area contributed by atoms with Gasteiger partial charge in [0.15, 0.2) is 5.82 Å². The minimum atomic E-state index is 0.557. The Morgan fingerprint density at radius 3 is 3.09 bits per heavy atom. The van der Waals surface area contributed by atoms with Crippen molar-refractivity contribution in [2.24, 2.45) is 0 Å². The van der Waals surface area contributed by atoms with Crippen LogP contribution in [0.4, 0.5) is 0 Å². The van der Waals surface area contributed by atoms with Crippen molar-refractivity contribution in [1.29, 1.82) is 0 Å². The fraction of sp³-hybridized carbons (Fsp3) is 0.500. The predicted octanol–water partition coefficient (Wildman–Crippen LogP) is 1.68. The molecule has 1 heterocycles. The van der Waals surface area contributed by atoms with Gasteiger partial charge in [-0.1, -0.05) is 11.2 Å². The predicted molar refractivity (Wildman–Crippen MR) is 40.2 cm³/mol. The van der Waals surface area contributed by atoms with E-state index in [4.69, 9.17) is 4.52 Å². The van der Waals surface area contributed by atoms with E-state index in [1.54, 1.807) is 6.08 Å². The Balaban J connectivity index is 2.11. The molecule has 0 bridgehead atoms. The molecule has 0 aromatic carbocycles. The van der Waals surface area contributed by atoms with E-state index >= 15 is 0 Å². The standard InChI is InChI=1S/C8H10N2O/c1-2-3-7-9-8(11-10-7)6-4-5-6/h2,6H,1,3-5H2. The number of allylic oxidation sites excluding steroid dienone is 1. The van der Waals surface area contributed by atoms with Crippen molar-refractivity contribution in [1.82, 2.24) is 10.1 Å². The molecule has 1 aromatic heterocycles. The second-order valence-corrected chi connectivity index (χ2v) is 2.82. The monoisotopic (exact) mass is 150 g/mol. The molecule has 1 fully saturated rings. The summed E-state index contributed by atoms with van der Waals surface area (Å²) in [6.45, 7) is 3.60. The van der Waals surface area contributed by atoms with Gasteiger partial charge >= 0.3 is 0 Å². The van der Waals surface area contributed by atoms with Gasteiger partial charge in [-0.3, -0.25) is 0 Å². The summed E-state index contributed by atoms with van der Waals surface area (Å²) >= 11 is 0. The van der Waals surface area contributed by atoms with Crippen LogP contribution >= 0.6 is 0 Å². The Hall–Kier alpha value is -1.12. The Kier molecular flexibility index (Phi) is 1.49. The molecule has 0 unspecified atom stereocenters. The number of nitrogens with zero attached hydrogens (tertiary/aromatic N) is 2. The molecule has 0 aliphatic heterocycles. The maximum Gasteiger partial charge on any atom is 0.229 e. The van der Waals surface area contributed by atoms with Crippen molar-refractivity contribution in [2.45, 2.75) is 25.2 Å². The zero-order valence-electron chi connectivity index (χ0n) is 6.29. The number of hydrogen-bond donors (Lipinski definition) is 0. The summed E-state index contributed by atoms with van der Waals surface area (Å²) in [4.78, 5) is 4.21. The average molecular weight is 150 g/mol. The maximum absolute atomic E-state index is 5.03. The molecular weight excluding hydrogens is 140 g/mol. The molecule has 3 heteroatoms. The van der Waals surface area contributed by atoms with Gasteiger partial charge < -0.3 is 4.52 Å². The topological polar surface area (TPSA) is 38.9 Å². The minimum absolute atomic E-state index is 0.557. The van der Waals surface area contributed by atoms with E-state index in [-0.39, 0.29) is 0 Å². The average Bonchev–Trinajstić information content (AvgIpc) is 2.75. The summed E-state index contributed by atoms with van der Waals surface area (Å²) < 4.78 is 5.03. The van der Waals surface area contributed by atoms with Gasteiger partial charge in [-0.25, -0.2) is 0 Å². The van der Waals surface area contributed by atoms with Crippen molar-refractivity contribution in [3.63, 3.8) is 0 Å². The van der Waals surface area contributed by atoms with Gasteiger partial charge in [-0.05, 0) is 12.8 Å². The molecule has 2 rings (SSSR count). The molecule has 0 radical (unpaired) electrons. The third-order valence-corrected chi connectivity index (χ3v) is 1.74. The summed E-state index contributed by atoms with van der Waals surface area (Å²) in [7, 11) is 0. The van der Waals surface area contributed by atoms with Crippen molar-refractivity contribution >= 4 is 0 Å². The summed E-state index contributed by atoms with van der Waals surface area (Å²) in [6, 6.07) is 0. The summed E-state index contributed by atoms with van der Waals surface area (Å²) in [5.41, 5.74) is 0. The van der Waals surface area contributed by atoms with Crippen LogP contribution < -0.4 is 0 Å². The van der Waals surface area contributed by atoms with Crippen LogP contribution in [0.5, 0.6) is 0 Å². The van der Waals surface area contributed by atoms with E-state index in [1.165, 1.54) is 12.8 Å². The molecule has 3 nitrogen and oxygen atoms in total. The van der Waals surface area contributed by atoms with Gasteiger partial charge in [0.25, 0.3) is 0 Å². The first-order chi connectivity index (χ1) is 5.40. The fourth-order valence-electron chi connectivity index (χ4n) is 0.976. The van der Waals surface area contributed by atoms with E-state index in [0.29, 0.717) is 12.3 Å². The third-order valence-electron chi connectivity index (χ3n) is 1.74. The van der Waals surface area contributed by atoms with Gasteiger partial charge in [0.1, 0.15) is 0 Å². The lowest BCUT2D eigenvalue weighted by atomic mass is 10.4. The summed E-state index contributed by atoms with van der Waals surface area (Å²) in [6.07, 6.45) is 4.89. The van der Waals surface area contributed by atoms with Gasteiger partial charge in [-0.2, -0.15) is 4.98 Å². The van der Waals surface area contributed by atoms with Crippen LogP contribution in [0.2, 0.25) is 0 Å². The second kappa shape index (κ2) is 2.49. The highest BCUT2D eigenvalue weighted by Gasteiger charge is 2.29. The van der Waals surface area contributed by atoms with Crippen LogP contribution in [0.1, 0.15) is 30.5 Å². The van der Waals surface area contributed by atoms with Gasteiger partial charge in [0, 0.05) is 12.3 Å². The van der Waals surface area contributed by atoms with E-state index in [1.807, 2.05) is 0 Å².